The molecule has 5 heteroatoms. The van der Waals surface area contributed by atoms with Crippen LogP contribution >= 0.6 is 0 Å². The molecule has 108 valence electrons. The number of benzene rings is 1. The molecule has 2 unspecified atom stereocenters. The van der Waals surface area contributed by atoms with Gasteiger partial charge in [0, 0.05) is 11.6 Å². The van der Waals surface area contributed by atoms with Gasteiger partial charge in [0.15, 0.2) is 0 Å². The van der Waals surface area contributed by atoms with Crippen LogP contribution < -0.4 is 0 Å². The largest absolute Gasteiger partial charge is 0.481 e. The van der Waals surface area contributed by atoms with Crippen molar-refractivity contribution in [2.24, 2.45) is 11.3 Å². The molecule has 2 atom stereocenters. The van der Waals surface area contributed by atoms with E-state index in [1.807, 2.05) is 0 Å². The zero-order valence-corrected chi connectivity index (χ0v) is 11.5. The first-order valence-electron chi connectivity index (χ1n) is 6.90. The molecule has 1 aliphatic rings. The molecule has 0 aromatic heterocycles. The monoisotopic (exact) mass is 277 g/mol. The predicted octanol–water partition coefficient (Wildman–Crippen LogP) is 3.42. The number of rotatable bonds is 4. The van der Waals surface area contributed by atoms with Crippen molar-refractivity contribution in [2.45, 2.75) is 39.0 Å². The van der Waals surface area contributed by atoms with Gasteiger partial charge in [-0.2, -0.15) is 0 Å². The molecule has 0 amide bonds. The van der Waals surface area contributed by atoms with Crippen molar-refractivity contribution in [1.29, 1.82) is 0 Å². The highest BCUT2D eigenvalue weighted by Gasteiger charge is 2.42. The second kappa shape index (κ2) is 5.61. The Balaban J connectivity index is 2.34. The first-order chi connectivity index (χ1) is 9.44. The smallest absolute Gasteiger partial charge is 0.309 e. The minimum Gasteiger partial charge on any atom is -0.481 e. The fraction of sp³-hybridized carbons (Fsp3) is 0.533. The number of aliphatic carboxylic acids is 1. The fourth-order valence-corrected chi connectivity index (χ4v) is 3.29. The third kappa shape index (κ3) is 2.81. The van der Waals surface area contributed by atoms with Crippen molar-refractivity contribution < 1.29 is 14.8 Å². The summed E-state index contributed by atoms with van der Waals surface area (Å²) in [5.41, 5.74) is -0.315. The van der Waals surface area contributed by atoms with Gasteiger partial charge in [0.25, 0.3) is 5.69 Å². The molecule has 0 spiro atoms. The molecule has 1 N–H and O–H groups in total. The highest BCUT2D eigenvalue weighted by molar-refractivity contribution is 5.75. The highest BCUT2D eigenvalue weighted by Crippen LogP contribution is 2.43. The van der Waals surface area contributed by atoms with Crippen LogP contribution in [-0.4, -0.2) is 16.0 Å². The predicted molar refractivity (Wildman–Crippen MR) is 74.5 cm³/mol. The van der Waals surface area contributed by atoms with Gasteiger partial charge in [-0.25, -0.2) is 0 Å². The molecule has 1 aromatic carbocycles. The molecular formula is C15H19NO4. The molecule has 0 heterocycles. The van der Waals surface area contributed by atoms with Gasteiger partial charge in [0.05, 0.1) is 10.3 Å². The van der Waals surface area contributed by atoms with Gasteiger partial charge in [-0.3, -0.25) is 14.9 Å². The lowest BCUT2D eigenvalue weighted by molar-refractivity contribution is -0.385. The number of hydrogen-bond acceptors (Lipinski definition) is 3. The van der Waals surface area contributed by atoms with Crippen LogP contribution in [0.5, 0.6) is 0 Å². The quantitative estimate of drug-likeness (QED) is 0.675. The Morgan fingerprint density at radius 1 is 1.50 bits per heavy atom. The van der Waals surface area contributed by atoms with Gasteiger partial charge in [0.1, 0.15) is 0 Å². The van der Waals surface area contributed by atoms with Gasteiger partial charge in [-0.1, -0.05) is 38.0 Å². The van der Waals surface area contributed by atoms with Gasteiger partial charge >= 0.3 is 5.97 Å². The van der Waals surface area contributed by atoms with Crippen LogP contribution in [0.15, 0.2) is 24.3 Å². The van der Waals surface area contributed by atoms with Crippen molar-refractivity contribution in [2.75, 3.05) is 0 Å². The van der Waals surface area contributed by atoms with Crippen molar-refractivity contribution >= 4 is 11.7 Å². The third-order valence-electron chi connectivity index (χ3n) is 4.26. The molecule has 1 fully saturated rings. The Hall–Kier alpha value is -1.91. The standard InChI is InChI=1S/C15H19NO4/c1-11-5-4-8-15(9-11,14(17)18)10-12-6-2-3-7-13(12)16(19)20/h2-3,6-7,11H,4-5,8-10H2,1H3,(H,17,18). The molecule has 5 nitrogen and oxygen atoms in total. The second-order valence-electron chi connectivity index (χ2n) is 5.85. The summed E-state index contributed by atoms with van der Waals surface area (Å²) in [6.07, 6.45) is 3.33. The Morgan fingerprint density at radius 2 is 2.20 bits per heavy atom. The summed E-state index contributed by atoms with van der Waals surface area (Å²) >= 11 is 0. The van der Waals surface area contributed by atoms with Crippen LogP contribution in [0.1, 0.15) is 38.2 Å². The molecule has 0 radical (unpaired) electrons. The van der Waals surface area contributed by atoms with Gasteiger partial charge in [0.2, 0.25) is 0 Å². The minimum absolute atomic E-state index is 0.0198. The molecule has 0 aliphatic heterocycles. The van der Waals surface area contributed by atoms with E-state index in [2.05, 4.69) is 6.92 Å². The first-order valence-corrected chi connectivity index (χ1v) is 6.90. The van der Waals surface area contributed by atoms with E-state index < -0.39 is 16.3 Å². The number of nitro benzene ring substituents is 1. The van der Waals surface area contributed by atoms with E-state index in [-0.39, 0.29) is 12.1 Å². The molecule has 20 heavy (non-hydrogen) atoms. The number of nitro groups is 1. The normalized spacial score (nSPS) is 26.1. The van der Waals surface area contributed by atoms with Crippen LogP contribution in [0.2, 0.25) is 0 Å². The SMILES string of the molecule is CC1CCCC(Cc2ccccc2[N+](=O)[O-])(C(=O)O)C1. The number of nitrogens with zero attached hydrogens (tertiary/aromatic N) is 1. The zero-order chi connectivity index (χ0) is 14.8. The third-order valence-corrected chi connectivity index (χ3v) is 4.26. The number of para-hydroxylation sites is 1. The summed E-state index contributed by atoms with van der Waals surface area (Å²) in [6.45, 7) is 2.05. The summed E-state index contributed by atoms with van der Waals surface area (Å²) < 4.78 is 0. The number of carbonyl (C=O) groups is 1. The van der Waals surface area contributed by atoms with Gasteiger partial charge in [-0.15, -0.1) is 0 Å². The number of carboxylic acid groups (broad SMARTS) is 1. The van der Waals surface area contributed by atoms with Gasteiger partial charge in [-0.05, 0) is 25.2 Å². The van der Waals surface area contributed by atoms with E-state index >= 15 is 0 Å². The summed E-state index contributed by atoms with van der Waals surface area (Å²) in [5.74, 6) is -0.482. The van der Waals surface area contributed by atoms with Gasteiger partial charge < -0.3 is 5.11 Å². The Labute approximate surface area is 117 Å². The molecule has 0 saturated heterocycles. The van der Waals surface area contributed by atoms with Crippen LogP contribution in [-0.2, 0) is 11.2 Å². The molecule has 1 aromatic rings. The lowest BCUT2D eigenvalue weighted by Crippen LogP contribution is -2.38. The second-order valence-corrected chi connectivity index (χ2v) is 5.85. The number of carboxylic acids is 1. The van der Waals surface area contributed by atoms with E-state index in [9.17, 15) is 20.0 Å². The molecule has 2 rings (SSSR count). The summed E-state index contributed by atoms with van der Waals surface area (Å²) in [6, 6.07) is 6.45. The van der Waals surface area contributed by atoms with E-state index in [1.54, 1.807) is 18.2 Å². The average Bonchev–Trinajstić information content (AvgIpc) is 2.39. The van der Waals surface area contributed by atoms with Crippen LogP contribution in [0, 0.1) is 21.4 Å². The summed E-state index contributed by atoms with van der Waals surface area (Å²) in [5, 5.41) is 20.7. The number of hydrogen-bond donors (Lipinski definition) is 1. The molecule has 1 saturated carbocycles. The van der Waals surface area contributed by atoms with Crippen LogP contribution in [0.3, 0.4) is 0 Å². The topological polar surface area (TPSA) is 80.4 Å². The highest BCUT2D eigenvalue weighted by atomic mass is 16.6. The zero-order valence-electron chi connectivity index (χ0n) is 11.5. The van der Waals surface area contributed by atoms with Crippen molar-refractivity contribution in [3.05, 3.63) is 39.9 Å². The van der Waals surface area contributed by atoms with Crippen molar-refractivity contribution in [3.63, 3.8) is 0 Å². The first kappa shape index (κ1) is 14.5. The van der Waals surface area contributed by atoms with E-state index in [0.29, 0.717) is 24.3 Å². The minimum atomic E-state index is -0.857. The van der Waals surface area contributed by atoms with Crippen molar-refractivity contribution in [1.82, 2.24) is 0 Å². The Kier molecular flexibility index (Phi) is 4.06. The maximum absolute atomic E-state index is 11.7. The average molecular weight is 277 g/mol. The van der Waals surface area contributed by atoms with Crippen molar-refractivity contribution in [3.8, 4) is 0 Å². The molecule has 0 bridgehead atoms. The lowest BCUT2D eigenvalue weighted by atomic mass is 9.67. The van der Waals surface area contributed by atoms with E-state index in [1.165, 1.54) is 6.07 Å². The fourth-order valence-electron chi connectivity index (χ4n) is 3.29. The maximum atomic E-state index is 11.7. The molecule has 1 aliphatic carbocycles. The Morgan fingerprint density at radius 3 is 2.80 bits per heavy atom. The van der Waals surface area contributed by atoms with E-state index in [4.69, 9.17) is 0 Å². The molecular weight excluding hydrogens is 258 g/mol. The lowest BCUT2D eigenvalue weighted by Gasteiger charge is -2.36. The van der Waals surface area contributed by atoms with Crippen LogP contribution in [0.4, 0.5) is 5.69 Å². The maximum Gasteiger partial charge on any atom is 0.309 e. The summed E-state index contributed by atoms with van der Waals surface area (Å²) in [4.78, 5) is 22.4. The van der Waals surface area contributed by atoms with Crippen LogP contribution in [0.25, 0.3) is 0 Å². The Bertz CT molecular complexity index is 528. The van der Waals surface area contributed by atoms with E-state index in [0.717, 1.165) is 12.8 Å². The summed E-state index contributed by atoms with van der Waals surface area (Å²) in [7, 11) is 0.